The third kappa shape index (κ3) is 4.94. The number of likely N-dealkylation sites (N-methyl/N-ethyl adjacent to an activating group) is 1. The number of nitriles is 1. The van der Waals surface area contributed by atoms with Crippen LogP contribution in [-0.4, -0.2) is 49.2 Å². The highest BCUT2D eigenvalue weighted by molar-refractivity contribution is 5.54. The fraction of sp³-hybridized carbons (Fsp3) is 0.440. The Morgan fingerprint density at radius 1 is 1.20 bits per heavy atom. The molecular formula is C25H33N5. The molecule has 0 saturated carbocycles. The molecule has 158 valence electrons. The van der Waals surface area contributed by atoms with Gasteiger partial charge in [-0.1, -0.05) is 32.1 Å². The van der Waals surface area contributed by atoms with Gasteiger partial charge in [-0.3, -0.25) is 0 Å². The SMILES string of the molecule is C=C(C(C)N(C)c1ccc(CCCC)cc1)N1CCN(c2ncccc2C#N)CC1. The van der Waals surface area contributed by atoms with Gasteiger partial charge in [0.15, 0.2) is 0 Å². The van der Waals surface area contributed by atoms with Gasteiger partial charge in [0.1, 0.15) is 11.9 Å². The topological polar surface area (TPSA) is 46.4 Å². The Morgan fingerprint density at radius 3 is 2.53 bits per heavy atom. The molecule has 0 aliphatic carbocycles. The number of hydrogen-bond donors (Lipinski definition) is 0. The summed E-state index contributed by atoms with van der Waals surface area (Å²) in [5, 5.41) is 9.34. The number of pyridine rings is 1. The van der Waals surface area contributed by atoms with Gasteiger partial charge >= 0.3 is 0 Å². The van der Waals surface area contributed by atoms with Crippen LogP contribution in [0.15, 0.2) is 54.9 Å². The van der Waals surface area contributed by atoms with Crippen LogP contribution in [0.25, 0.3) is 0 Å². The number of benzene rings is 1. The second-order valence-electron chi connectivity index (χ2n) is 8.01. The average molecular weight is 404 g/mol. The summed E-state index contributed by atoms with van der Waals surface area (Å²) in [6.45, 7) is 12.3. The van der Waals surface area contributed by atoms with Crippen LogP contribution in [0.4, 0.5) is 11.5 Å². The maximum atomic E-state index is 9.34. The van der Waals surface area contributed by atoms with Gasteiger partial charge in [-0.2, -0.15) is 5.26 Å². The van der Waals surface area contributed by atoms with Crippen molar-refractivity contribution in [2.75, 3.05) is 43.0 Å². The van der Waals surface area contributed by atoms with Crippen LogP contribution >= 0.6 is 0 Å². The first-order valence-electron chi connectivity index (χ1n) is 10.9. The van der Waals surface area contributed by atoms with E-state index in [1.165, 1.54) is 24.1 Å². The molecule has 2 heterocycles. The number of nitrogens with zero attached hydrogens (tertiary/aromatic N) is 5. The van der Waals surface area contributed by atoms with Crippen molar-refractivity contribution in [1.82, 2.24) is 9.88 Å². The number of unbranched alkanes of at least 4 members (excludes halogenated alkanes) is 1. The first-order chi connectivity index (χ1) is 14.5. The Hall–Kier alpha value is -3.00. The lowest BCUT2D eigenvalue weighted by Gasteiger charge is -2.41. The zero-order valence-corrected chi connectivity index (χ0v) is 18.5. The Kier molecular flexibility index (Phi) is 7.35. The maximum Gasteiger partial charge on any atom is 0.146 e. The lowest BCUT2D eigenvalue weighted by molar-refractivity contribution is 0.304. The van der Waals surface area contributed by atoms with E-state index in [2.05, 4.69) is 77.5 Å². The third-order valence-corrected chi connectivity index (χ3v) is 6.12. The summed E-state index contributed by atoms with van der Waals surface area (Å²) in [6, 6.07) is 15.0. The van der Waals surface area contributed by atoms with E-state index in [4.69, 9.17) is 0 Å². The molecule has 0 spiro atoms. The monoisotopic (exact) mass is 403 g/mol. The molecule has 5 heteroatoms. The molecule has 1 aromatic heterocycles. The number of hydrogen-bond acceptors (Lipinski definition) is 5. The number of aromatic nitrogens is 1. The highest BCUT2D eigenvalue weighted by atomic mass is 15.3. The molecule has 1 aliphatic rings. The molecule has 1 saturated heterocycles. The summed E-state index contributed by atoms with van der Waals surface area (Å²) >= 11 is 0. The second kappa shape index (κ2) is 10.2. The van der Waals surface area contributed by atoms with E-state index < -0.39 is 0 Å². The smallest absolute Gasteiger partial charge is 0.146 e. The number of anilines is 2. The van der Waals surface area contributed by atoms with Gasteiger partial charge in [-0.25, -0.2) is 4.98 Å². The first kappa shape index (κ1) is 21.7. The summed E-state index contributed by atoms with van der Waals surface area (Å²) in [5.41, 5.74) is 4.39. The molecule has 0 amide bonds. The predicted octanol–water partition coefficient (Wildman–Crippen LogP) is 4.46. The van der Waals surface area contributed by atoms with E-state index in [-0.39, 0.29) is 6.04 Å². The van der Waals surface area contributed by atoms with Crippen molar-refractivity contribution in [3.05, 3.63) is 66.0 Å². The molecule has 30 heavy (non-hydrogen) atoms. The van der Waals surface area contributed by atoms with Gasteiger partial charge in [0.05, 0.1) is 11.6 Å². The van der Waals surface area contributed by atoms with Gasteiger partial charge in [0.25, 0.3) is 0 Å². The minimum atomic E-state index is 0.211. The van der Waals surface area contributed by atoms with Crippen LogP contribution in [0.5, 0.6) is 0 Å². The Bertz CT molecular complexity index is 875. The predicted molar refractivity (Wildman–Crippen MR) is 125 cm³/mol. The Morgan fingerprint density at radius 2 is 1.90 bits per heavy atom. The molecule has 1 aromatic carbocycles. The molecule has 1 unspecified atom stereocenters. The zero-order valence-electron chi connectivity index (χ0n) is 18.5. The molecule has 1 atom stereocenters. The van der Waals surface area contributed by atoms with Crippen LogP contribution in [0.1, 0.15) is 37.8 Å². The van der Waals surface area contributed by atoms with Gasteiger partial charge in [-0.15, -0.1) is 0 Å². The second-order valence-corrected chi connectivity index (χ2v) is 8.01. The normalized spacial score (nSPS) is 14.9. The Balaban J connectivity index is 1.58. The number of piperazine rings is 1. The molecule has 0 N–H and O–H groups in total. The van der Waals surface area contributed by atoms with Crippen molar-refractivity contribution < 1.29 is 0 Å². The van der Waals surface area contributed by atoms with Crippen LogP contribution in [-0.2, 0) is 6.42 Å². The molecule has 2 aromatic rings. The van der Waals surface area contributed by atoms with Crippen LogP contribution in [0.3, 0.4) is 0 Å². The van der Waals surface area contributed by atoms with Gasteiger partial charge in [0, 0.05) is 50.8 Å². The van der Waals surface area contributed by atoms with E-state index in [1.807, 2.05) is 12.1 Å². The highest BCUT2D eigenvalue weighted by Gasteiger charge is 2.24. The summed E-state index contributed by atoms with van der Waals surface area (Å²) in [4.78, 5) is 11.3. The summed E-state index contributed by atoms with van der Waals surface area (Å²) < 4.78 is 0. The summed E-state index contributed by atoms with van der Waals surface area (Å²) in [7, 11) is 2.14. The van der Waals surface area contributed by atoms with Crippen molar-refractivity contribution in [1.29, 1.82) is 5.26 Å². The van der Waals surface area contributed by atoms with Crippen molar-refractivity contribution in [2.24, 2.45) is 0 Å². The third-order valence-electron chi connectivity index (χ3n) is 6.12. The quantitative estimate of drug-likeness (QED) is 0.651. The van der Waals surface area contributed by atoms with Crippen molar-refractivity contribution >= 4 is 11.5 Å². The van der Waals surface area contributed by atoms with E-state index in [0.717, 1.165) is 44.1 Å². The maximum absolute atomic E-state index is 9.34. The number of aryl methyl sites for hydroxylation is 1. The summed E-state index contributed by atoms with van der Waals surface area (Å²) in [5.74, 6) is 0.790. The van der Waals surface area contributed by atoms with Crippen molar-refractivity contribution in [3.63, 3.8) is 0 Å². The first-order valence-corrected chi connectivity index (χ1v) is 10.9. The van der Waals surface area contributed by atoms with Crippen LogP contribution in [0, 0.1) is 11.3 Å². The minimum absolute atomic E-state index is 0.211. The fourth-order valence-electron chi connectivity index (χ4n) is 3.93. The lowest BCUT2D eigenvalue weighted by Crippen LogP contribution is -2.49. The largest absolute Gasteiger partial charge is 0.370 e. The van der Waals surface area contributed by atoms with E-state index in [1.54, 1.807) is 6.20 Å². The standard InChI is InChI=1S/C25H33N5/c1-5-6-8-22-10-12-24(13-11-22)28(4)20(2)21(3)29-15-17-30(18-16-29)25-23(19-26)9-7-14-27-25/h7,9-14,20H,3,5-6,8,15-18H2,1-2,4H3. The molecule has 5 nitrogen and oxygen atoms in total. The van der Waals surface area contributed by atoms with Gasteiger partial charge < -0.3 is 14.7 Å². The number of rotatable bonds is 8. The fourth-order valence-corrected chi connectivity index (χ4v) is 3.93. The summed E-state index contributed by atoms with van der Waals surface area (Å²) in [6.07, 6.45) is 5.37. The molecule has 0 radical (unpaired) electrons. The zero-order chi connectivity index (χ0) is 21.5. The molecular weight excluding hydrogens is 370 g/mol. The van der Waals surface area contributed by atoms with E-state index in [0.29, 0.717) is 5.56 Å². The highest BCUT2D eigenvalue weighted by Crippen LogP contribution is 2.24. The molecule has 0 bridgehead atoms. The van der Waals surface area contributed by atoms with Gasteiger partial charge in [-0.05, 0) is 49.6 Å². The van der Waals surface area contributed by atoms with Crippen LogP contribution < -0.4 is 9.80 Å². The van der Waals surface area contributed by atoms with Crippen molar-refractivity contribution in [2.45, 2.75) is 39.2 Å². The molecule has 1 aliphatic heterocycles. The van der Waals surface area contributed by atoms with Gasteiger partial charge in [0.2, 0.25) is 0 Å². The van der Waals surface area contributed by atoms with Crippen LogP contribution in [0.2, 0.25) is 0 Å². The molecule has 3 rings (SSSR count). The van der Waals surface area contributed by atoms with E-state index in [9.17, 15) is 5.26 Å². The average Bonchev–Trinajstić information content (AvgIpc) is 2.81. The van der Waals surface area contributed by atoms with E-state index >= 15 is 0 Å². The van der Waals surface area contributed by atoms with Crippen molar-refractivity contribution in [3.8, 4) is 6.07 Å². The lowest BCUT2D eigenvalue weighted by atomic mass is 10.1. The molecule has 1 fully saturated rings. The Labute approximate surface area is 181 Å². The minimum Gasteiger partial charge on any atom is -0.370 e.